The number of aromatic carboxylic acids is 1. The molecule has 1 saturated heterocycles. The fourth-order valence-corrected chi connectivity index (χ4v) is 3.69. The highest BCUT2D eigenvalue weighted by atomic mass is 32.1. The van der Waals surface area contributed by atoms with Gasteiger partial charge in [-0.1, -0.05) is 0 Å². The van der Waals surface area contributed by atoms with Crippen LogP contribution in [-0.2, 0) is 4.74 Å². The summed E-state index contributed by atoms with van der Waals surface area (Å²) in [6, 6.07) is 3.26. The average molecular weight is 281 g/mol. The number of thiophene rings is 1. The molecular weight excluding hydrogens is 266 g/mol. The van der Waals surface area contributed by atoms with E-state index in [2.05, 4.69) is 0 Å². The van der Waals surface area contributed by atoms with Crippen LogP contribution in [0.1, 0.15) is 38.6 Å². The summed E-state index contributed by atoms with van der Waals surface area (Å²) in [7, 11) is 0. The second-order valence-electron chi connectivity index (χ2n) is 4.88. The van der Waals surface area contributed by atoms with Crippen LogP contribution in [0.3, 0.4) is 0 Å². The average Bonchev–Trinajstić information content (AvgIpc) is 3.06. The minimum Gasteiger partial charge on any atom is -0.477 e. The summed E-state index contributed by atoms with van der Waals surface area (Å²) in [5.74, 6) is -1.04. The first-order valence-corrected chi connectivity index (χ1v) is 7.24. The molecule has 0 bridgehead atoms. The first kappa shape index (κ1) is 12.6. The molecule has 102 valence electrons. The number of hydrogen-bond acceptors (Lipinski definition) is 4. The number of carbonyl (C=O) groups is 2. The van der Waals surface area contributed by atoms with Gasteiger partial charge in [-0.05, 0) is 31.4 Å². The Bertz CT molecular complexity index is 512. The van der Waals surface area contributed by atoms with Crippen LogP contribution in [0, 0.1) is 0 Å². The molecule has 2 aliphatic rings. The predicted molar refractivity (Wildman–Crippen MR) is 69.7 cm³/mol. The van der Waals surface area contributed by atoms with Crippen molar-refractivity contribution in [2.24, 2.45) is 0 Å². The quantitative estimate of drug-likeness (QED) is 0.898. The Morgan fingerprint density at radius 3 is 2.84 bits per heavy atom. The van der Waals surface area contributed by atoms with Crippen LogP contribution in [0.15, 0.2) is 12.1 Å². The SMILES string of the molecule is O=C(O)c1ccc(C(=O)N2CCO[C@H]3CCC[C@H]32)s1. The van der Waals surface area contributed by atoms with E-state index in [1.807, 2.05) is 4.90 Å². The maximum atomic E-state index is 12.5. The van der Waals surface area contributed by atoms with Gasteiger partial charge in [0, 0.05) is 6.54 Å². The number of rotatable bonds is 2. The van der Waals surface area contributed by atoms with Gasteiger partial charge in [-0.3, -0.25) is 4.79 Å². The van der Waals surface area contributed by atoms with Gasteiger partial charge in [0.2, 0.25) is 0 Å². The van der Waals surface area contributed by atoms with E-state index in [1.54, 1.807) is 6.07 Å². The smallest absolute Gasteiger partial charge is 0.345 e. The maximum Gasteiger partial charge on any atom is 0.345 e. The van der Waals surface area contributed by atoms with Crippen molar-refractivity contribution in [3.63, 3.8) is 0 Å². The van der Waals surface area contributed by atoms with E-state index in [-0.39, 0.29) is 22.9 Å². The van der Waals surface area contributed by atoms with Crippen LogP contribution < -0.4 is 0 Å². The molecule has 0 spiro atoms. The third kappa shape index (κ3) is 2.26. The van der Waals surface area contributed by atoms with Crippen molar-refractivity contribution < 1.29 is 19.4 Å². The number of nitrogens with zero attached hydrogens (tertiary/aromatic N) is 1. The first-order valence-electron chi connectivity index (χ1n) is 6.42. The van der Waals surface area contributed by atoms with Crippen molar-refractivity contribution in [3.05, 3.63) is 21.9 Å². The molecule has 1 aromatic heterocycles. The van der Waals surface area contributed by atoms with Crippen molar-refractivity contribution in [1.29, 1.82) is 0 Å². The molecular formula is C13H15NO4S. The lowest BCUT2D eigenvalue weighted by atomic mass is 10.1. The van der Waals surface area contributed by atoms with Gasteiger partial charge in [-0.2, -0.15) is 0 Å². The zero-order valence-electron chi connectivity index (χ0n) is 10.4. The van der Waals surface area contributed by atoms with E-state index < -0.39 is 5.97 Å². The van der Waals surface area contributed by atoms with Gasteiger partial charge in [0.25, 0.3) is 5.91 Å². The highest BCUT2D eigenvalue weighted by Crippen LogP contribution is 2.31. The molecule has 0 unspecified atom stereocenters. The molecule has 5 nitrogen and oxygen atoms in total. The van der Waals surface area contributed by atoms with Crippen molar-refractivity contribution in [1.82, 2.24) is 4.90 Å². The maximum absolute atomic E-state index is 12.5. The van der Waals surface area contributed by atoms with Crippen LogP contribution in [0.2, 0.25) is 0 Å². The van der Waals surface area contributed by atoms with Gasteiger partial charge >= 0.3 is 5.97 Å². The number of carboxylic acids is 1. The summed E-state index contributed by atoms with van der Waals surface area (Å²) in [4.78, 5) is 25.9. The highest BCUT2D eigenvalue weighted by Gasteiger charge is 2.38. The number of hydrogen-bond donors (Lipinski definition) is 1. The van der Waals surface area contributed by atoms with Crippen molar-refractivity contribution in [2.45, 2.75) is 31.4 Å². The summed E-state index contributed by atoms with van der Waals surface area (Å²) in [5, 5.41) is 8.91. The predicted octanol–water partition coefficient (Wildman–Crippen LogP) is 1.84. The molecule has 6 heteroatoms. The lowest BCUT2D eigenvalue weighted by molar-refractivity contribution is -0.0443. The Morgan fingerprint density at radius 1 is 1.32 bits per heavy atom. The van der Waals surface area contributed by atoms with E-state index in [4.69, 9.17) is 9.84 Å². The molecule has 0 aromatic carbocycles. The number of amides is 1. The number of fused-ring (bicyclic) bond motifs is 1. The zero-order chi connectivity index (χ0) is 13.4. The summed E-state index contributed by atoms with van der Waals surface area (Å²) in [6.07, 6.45) is 3.24. The van der Waals surface area contributed by atoms with Crippen LogP contribution in [0.25, 0.3) is 0 Å². The third-order valence-electron chi connectivity index (χ3n) is 3.77. The molecule has 2 heterocycles. The second-order valence-corrected chi connectivity index (χ2v) is 5.96. The first-order chi connectivity index (χ1) is 9.16. The lowest BCUT2D eigenvalue weighted by Crippen LogP contribution is -2.51. The molecule has 1 saturated carbocycles. The number of morpholine rings is 1. The summed E-state index contributed by atoms with van der Waals surface area (Å²) in [5.41, 5.74) is 0. The largest absolute Gasteiger partial charge is 0.477 e. The summed E-state index contributed by atoms with van der Waals surface area (Å²) >= 11 is 1.05. The molecule has 1 aromatic rings. The molecule has 0 radical (unpaired) electrons. The minimum atomic E-state index is -0.982. The van der Waals surface area contributed by atoms with Gasteiger partial charge in [0.15, 0.2) is 0 Å². The Balaban J connectivity index is 1.80. The lowest BCUT2D eigenvalue weighted by Gasteiger charge is -2.37. The molecule has 1 aliphatic carbocycles. The fraction of sp³-hybridized carbons (Fsp3) is 0.538. The minimum absolute atomic E-state index is 0.0577. The Kier molecular flexibility index (Phi) is 3.28. The van der Waals surface area contributed by atoms with E-state index in [9.17, 15) is 9.59 Å². The molecule has 1 N–H and O–H groups in total. The van der Waals surface area contributed by atoms with Crippen molar-refractivity contribution in [3.8, 4) is 0 Å². The topological polar surface area (TPSA) is 66.8 Å². The van der Waals surface area contributed by atoms with Gasteiger partial charge in [-0.15, -0.1) is 11.3 Å². The van der Waals surface area contributed by atoms with Crippen LogP contribution in [0.4, 0.5) is 0 Å². The number of carbonyl (C=O) groups excluding carboxylic acids is 1. The molecule has 1 aliphatic heterocycles. The Labute approximate surface area is 114 Å². The zero-order valence-corrected chi connectivity index (χ0v) is 11.2. The van der Waals surface area contributed by atoms with Crippen molar-refractivity contribution in [2.75, 3.05) is 13.2 Å². The molecule has 1 amide bonds. The van der Waals surface area contributed by atoms with Gasteiger partial charge < -0.3 is 14.7 Å². The van der Waals surface area contributed by atoms with E-state index in [0.29, 0.717) is 18.0 Å². The van der Waals surface area contributed by atoms with Crippen LogP contribution in [-0.4, -0.2) is 47.2 Å². The van der Waals surface area contributed by atoms with Crippen LogP contribution in [0.5, 0.6) is 0 Å². The third-order valence-corrected chi connectivity index (χ3v) is 4.83. The Morgan fingerprint density at radius 2 is 2.11 bits per heavy atom. The molecule has 2 fully saturated rings. The van der Waals surface area contributed by atoms with Gasteiger partial charge in [-0.25, -0.2) is 4.79 Å². The normalized spacial score (nSPS) is 26.2. The van der Waals surface area contributed by atoms with Crippen LogP contribution >= 0.6 is 11.3 Å². The monoisotopic (exact) mass is 281 g/mol. The summed E-state index contributed by atoms with van der Waals surface area (Å²) in [6.45, 7) is 1.17. The van der Waals surface area contributed by atoms with E-state index >= 15 is 0 Å². The van der Waals surface area contributed by atoms with Crippen molar-refractivity contribution >= 4 is 23.2 Å². The molecule has 2 atom stereocenters. The highest BCUT2D eigenvalue weighted by molar-refractivity contribution is 7.15. The summed E-state index contributed by atoms with van der Waals surface area (Å²) < 4.78 is 5.68. The Hall–Kier alpha value is -1.40. The molecule has 3 rings (SSSR count). The van der Waals surface area contributed by atoms with E-state index in [1.165, 1.54) is 6.07 Å². The number of ether oxygens (including phenoxy) is 1. The number of carboxylic acid groups (broad SMARTS) is 1. The fourth-order valence-electron chi connectivity index (χ4n) is 2.89. The second kappa shape index (κ2) is 4.94. The van der Waals surface area contributed by atoms with E-state index in [0.717, 1.165) is 30.6 Å². The standard InChI is InChI=1S/C13H15NO4S/c15-12(10-4-5-11(19-10)13(16)17)14-6-7-18-9-3-1-2-8(9)14/h4-5,8-9H,1-3,6-7H2,(H,16,17)/t8-,9+/m1/s1. The molecule has 19 heavy (non-hydrogen) atoms. The van der Waals surface area contributed by atoms with Gasteiger partial charge in [0.1, 0.15) is 4.88 Å². The van der Waals surface area contributed by atoms with Gasteiger partial charge in [0.05, 0.1) is 23.6 Å².